The molecule has 0 saturated heterocycles. The predicted octanol–water partition coefficient (Wildman–Crippen LogP) is 5.42. The van der Waals surface area contributed by atoms with Crippen molar-refractivity contribution >= 4 is 5.71 Å². The Labute approximate surface area is 105 Å². The fourth-order valence-corrected chi connectivity index (χ4v) is 2.31. The lowest BCUT2D eigenvalue weighted by atomic mass is 9.86. The van der Waals surface area contributed by atoms with Crippen LogP contribution in [-0.2, 0) is 0 Å². The first-order valence-corrected chi connectivity index (χ1v) is 7.02. The molecule has 1 rings (SSSR count). The van der Waals surface area contributed by atoms with Crippen LogP contribution >= 0.6 is 0 Å². The molecule has 2 heteroatoms. The van der Waals surface area contributed by atoms with Crippen molar-refractivity contribution in [3.05, 3.63) is 12.0 Å². The van der Waals surface area contributed by atoms with Crippen LogP contribution in [0.15, 0.2) is 17.0 Å². The molecule has 1 aliphatic heterocycles. The van der Waals surface area contributed by atoms with E-state index in [0.717, 1.165) is 18.6 Å². The molecule has 0 fully saturated rings. The third-order valence-corrected chi connectivity index (χ3v) is 3.48. The van der Waals surface area contributed by atoms with Gasteiger partial charge < -0.3 is 0 Å². The topological polar surface area (TPSA) is 12.4 Å². The van der Waals surface area contributed by atoms with Crippen molar-refractivity contribution in [2.24, 2.45) is 10.4 Å². The van der Waals surface area contributed by atoms with Crippen LogP contribution < -0.4 is 0 Å². The van der Waals surface area contributed by atoms with Gasteiger partial charge >= 0.3 is 0 Å². The number of aliphatic imine (C=N–C) groups is 1. The molecule has 0 aromatic carbocycles. The minimum absolute atomic E-state index is 0.160. The summed E-state index contributed by atoms with van der Waals surface area (Å²) in [4.78, 5) is 4.00. The van der Waals surface area contributed by atoms with Crippen LogP contribution in [0.3, 0.4) is 0 Å². The fourth-order valence-electron chi connectivity index (χ4n) is 2.31. The van der Waals surface area contributed by atoms with Crippen molar-refractivity contribution in [3.63, 3.8) is 0 Å². The van der Waals surface area contributed by atoms with Crippen molar-refractivity contribution in [1.82, 2.24) is 0 Å². The molecule has 0 aromatic heterocycles. The molecule has 0 atom stereocenters. The molecule has 1 aliphatic rings. The Balaban J connectivity index is 2.10. The van der Waals surface area contributed by atoms with Crippen LogP contribution in [0, 0.1) is 5.41 Å². The highest BCUT2D eigenvalue weighted by molar-refractivity contribution is 5.93. The Hall–Kier alpha value is -0.660. The van der Waals surface area contributed by atoms with Gasteiger partial charge in [0.1, 0.15) is 0 Å². The van der Waals surface area contributed by atoms with E-state index in [1.807, 2.05) is 13.8 Å². The average molecular weight is 239 g/mol. The van der Waals surface area contributed by atoms with Gasteiger partial charge in [-0.1, -0.05) is 59.3 Å². The van der Waals surface area contributed by atoms with Crippen LogP contribution in [0.5, 0.6) is 0 Å². The highest BCUT2D eigenvalue weighted by Crippen LogP contribution is 2.32. The third kappa shape index (κ3) is 5.01. The van der Waals surface area contributed by atoms with E-state index in [0.29, 0.717) is 0 Å². The molecule has 0 unspecified atom stereocenters. The van der Waals surface area contributed by atoms with E-state index < -0.39 is 0 Å². The van der Waals surface area contributed by atoms with Crippen LogP contribution in [-0.4, -0.2) is 5.71 Å². The number of hydrogen-bond donors (Lipinski definition) is 0. The number of nitrogens with zero attached hydrogens (tertiary/aromatic N) is 1. The van der Waals surface area contributed by atoms with E-state index in [9.17, 15) is 4.39 Å². The monoisotopic (exact) mass is 239 g/mol. The molecular weight excluding hydrogens is 213 g/mol. The van der Waals surface area contributed by atoms with E-state index in [1.165, 1.54) is 38.5 Å². The van der Waals surface area contributed by atoms with Crippen LogP contribution in [0.1, 0.15) is 72.1 Å². The second kappa shape index (κ2) is 6.93. The first-order chi connectivity index (χ1) is 8.06. The third-order valence-electron chi connectivity index (χ3n) is 3.48. The molecule has 0 aromatic rings. The quantitative estimate of drug-likeness (QED) is 0.396. The van der Waals surface area contributed by atoms with Crippen LogP contribution in [0.25, 0.3) is 0 Å². The van der Waals surface area contributed by atoms with E-state index in [2.05, 4.69) is 11.9 Å². The summed E-state index contributed by atoms with van der Waals surface area (Å²) in [5.41, 5.74) is 0.857. The van der Waals surface area contributed by atoms with Crippen molar-refractivity contribution in [1.29, 1.82) is 0 Å². The lowest BCUT2D eigenvalue weighted by Gasteiger charge is -2.17. The summed E-state index contributed by atoms with van der Waals surface area (Å²) in [6, 6.07) is 0. The Kier molecular flexibility index (Phi) is 5.87. The van der Waals surface area contributed by atoms with Gasteiger partial charge in [-0.3, -0.25) is 0 Å². The standard InChI is InChI=1S/C15H26FN/c1-4-5-6-7-8-9-10-11-13-15(2,3)12-14(16)17-13/h12H,4-11H2,1-3H3. The first kappa shape index (κ1) is 14.4. The zero-order valence-electron chi connectivity index (χ0n) is 11.6. The number of rotatable bonds is 8. The maximum Gasteiger partial charge on any atom is 0.209 e. The predicted molar refractivity (Wildman–Crippen MR) is 73.0 cm³/mol. The van der Waals surface area contributed by atoms with Crippen molar-refractivity contribution in [2.75, 3.05) is 0 Å². The molecular formula is C15H26FN. The molecule has 0 N–H and O–H groups in total. The van der Waals surface area contributed by atoms with Gasteiger partial charge in [-0.15, -0.1) is 0 Å². The lowest BCUT2D eigenvalue weighted by Crippen LogP contribution is -2.18. The fraction of sp³-hybridized carbons (Fsp3) is 0.800. The molecule has 1 heterocycles. The van der Waals surface area contributed by atoms with E-state index >= 15 is 0 Å². The second-order valence-electron chi connectivity index (χ2n) is 5.62. The Morgan fingerprint density at radius 1 is 1.06 bits per heavy atom. The lowest BCUT2D eigenvalue weighted by molar-refractivity contribution is 0.585. The number of unbranched alkanes of at least 4 members (excludes halogenated alkanes) is 6. The molecule has 1 nitrogen and oxygen atoms in total. The summed E-state index contributed by atoms with van der Waals surface area (Å²) < 4.78 is 13.1. The molecule has 0 saturated carbocycles. The molecule has 17 heavy (non-hydrogen) atoms. The second-order valence-corrected chi connectivity index (χ2v) is 5.62. The van der Waals surface area contributed by atoms with Gasteiger partial charge in [-0.2, -0.15) is 4.39 Å². The Morgan fingerprint density at radius 3 is 2.18 bits per heavy atom. The Bertz CT molecular complexity index is 289. The van der Waals surface area contributed by atoms with E-state index in [4.69, 9.17) is 0 Å². The minimum Gasteiger partial charge on any atom is -0.229 e. The van der Waals surface area contributed by atoms with Gasteiger partial charge in [0.05, 0.1) is 0 Å². The maximum absolute atomic E-state index is 13.1. The molecule has 0 spiro atoms. The summed E-state index contributed by atoms with van der Waals surface area (Å²) in [5, 5.41) is 0. The normalized spacial score (nSPS) is 18.1. The van der Waals surface area contributed by atoms with Crippen molar-refractivity contribution < 1.29 is 4.39 Å². The van der Waals surface area contributed by atoms with Crippen molar-refractivity contribution in [3.8, 4) is 0 Å². The first-order valence-electron chi connectivity index (χ1n) is 7.02. The number of hydrogen-bond acceptors (Lipinski definition) is 1. The zero-order chi connectivity index (χ0) is 12.7. The molecule has 0 radical (unpaired) electrons. The van der Waals surface area contributed by atoms with Gasteiger partial charge in [0.25, 0.3) is 0 Å². The smallest absolute Gasteiger partial charge is 0.209 e. The maximum atomic E-state index is 13.1. The summed E-state index contributed by atoms with van der Waals surface area (Å²) in [6.45, 7) is 6.32. The number of allylic oxidation sites excluding steroid dienone is 1. The summed E-state index contributed by atoms with van der Waals surface area (Å²) in [5.74, 6) is -0.298. The van der Waals surface area contributed by atoms with Crippen LogP contribution in [0.4, 0.5) is 4.39 Å². The largest absolute Gasteiger partial charge is 0.229 e. The van der Waals surface area contributed by atoms with Gasteiger partial charge in [-0.25, -0.2) is 4.99 Å². The molecule has 98 valence electrons. The Morgan fingerprint density at radius 2 is 1.65 bits per heavy atom. The van der Waals surface area contributed by atoms with E-state index in [-0.39, 0.29) is 11.4 Å². The molecule has 0 bridgehead atoms. The van der Waals surface area contributed by atoms with Gasteiger partial charge in [0, 0.05) is 11.1 Å². The van der Waals surface area contributed by atoms with Gasteiger partial charge in [0.15, 0.2) is 0 Å². The highest BCUT2D eigenvalue weighted by Gasteiger charge is 2.28. The highest BCUT2D eigenvalue weighted by atomic mass is 19.1. The van der Waals surface area contributed by atoms with Gasteiger partial charge in [0.2, 0.25) is 5.95 Å². The summed E-state index contributed by atoms with van der Waals surface area (Å²) in [7, 11) is 0. The van der Waals surface area contributed by atoms with E-state index in [1.54, 1.807) is 6.08 Å². The van der Waals surface area contributed by atoms with Crippen LogP contribution in [0.2, 0.25) is 0 Å². The minimum atomic E-state index is -0.298. The average Bonchev–Trinajstić information content (AvgIpc) is 2.50. The number of halogens is 1. The summed E-state index contributed by atoms with van der Waals surface area (Å²) in [6.07, 6.45) is 11.6. The SMILES string of the molecule is CCCCCCCCCC1=NC(F)=CC1(C)C. The summed E-state index contributed by atoms with van der Waals surface area (Å²) >= 11 is 0. The molecule has 0 amide bonds. The molecule has 0 aliphatic carbocycles. The zero-order valence-corrected chi connectivity index (χ0v) is 11.6. The van der Waals surface area contributed by atoms with Gasteiger partial charge in [-0.05, 0) is 18.9 Å². The van der Waals surface area contributed by atoms with Crippen molar-refractivity contribution in [2.45, 2.75) is 72.1 Å².